The zero-order chi connectivity index (χ0) is 22.8. The standard InChI is InChI=1S/C25H27N3O3S/c1-15(2)24-26-27-25(32-24)18-7-9-21(10-8-18)31-22-12-19(17(4)29)5-6-20(22)14-28-13-16(3)11-23(28)30/h5-10,12,15-16H,11,13-14H2,1-4H3/t16-/m0/s1. The number of benzene rings is 2. The van der Waals surface area contributed by atoms with Crippen LogP contribution in [-0.4, -0.2) is 33.3 Å². The molecule has 0 radical (unpaired) electrons. The molecule has 7 heteroatoms. The first-order valence-corrected chi connectivity index (χ1v) is 11.6. The van der Waals surface area contributed by atoms with E-state index < -0.39 is 0 Å². The number of ether oxygens (including phenoxy) is 1. The summed E-state index contributed by atoms with van der Waals surface area (Å²) in [4.78, 5) is 26.0. The van der Waals surface area contributed by atoms with Crippen molar-refractivity contribution < 1.29 is 14.3 Å². The molecule has 0 saturated carbocycles. The fourth-order valence-corrected chi connectivity index (χ4v) is 4.56. The smallest absolute Gasteiger partial charge is 0.223 e. The van der Waals surface area contributed by atoms with Crippen molar-refractivity contribution in [2.45, 2.75) is 46.6 Å². The average molecular weight is 450 g/mol. The third kappa shape index (κ3) is 4.88. The molecule has 3 aromatic rings. The highest BCUT2D eigenvalue weighted by molar-refractivity contribution is 7.14. The van der Waals surface area contributed by atoms with Gasteiger partial charge in [0.2, 0.25) is 5.91 Å². The maximum absolute atomic E-state index is 12.3. The first-order valence-electron chi connectivity index (χ1n) is 10.8. The normalized spacial score (nSPS) is 16.1. The molecule has 0 spiro atoms. The molecule has 0 aliphatic carbocycles. The van der Waals surface area contributed by atoms with E-state index in [0.29, 0.717) is 41.9 Å². The van der Waals surface area contributed by atoms with Crippen LogP contribution in [0.25, 0.3) is 10.6 Å². The Kier molecular flexibility index (Phi) is 6.37. The van der Waals surface area contributed by atoms with Crippen molar-refractivity contribution in [1.82, 2.24) is 15.1 Å². The van der Waals surface area contributed by atoms with Crippen LogP contribution in [0.5, 0.6) is 11.5 Å². The highest BCUT2D eigenvalue weighted by Crippen LogP contribution is 2.32. The lowest BCUT2D eigenvalue weighted by Crippen LogP contribution is -2.24. The van der Waals surface area contributed by atoms with Crippen molar-refractivity contribution in [2.75, 3.05) is 6.54 Å². The van der Waals surface area contributed by atoms with E-state index in [0.717, 1.165) is 27.7 Å². The van der Waals surface area contributed by atoms with Gasteiger partial charge < -0.3 is 9.64 Å². The minimum atomic E-state index is -0.0279. The number of likely N-dealkylation sites (tertiary alicyclic amines) is 1. The van der Waals surface area contributed by atoms with Gasteiger partial charge >= 0.3 is 0 Å². The maximum atomic E-state index is 12.3. The molecule has 1 fully saturated rings. The summed E-state index contributed by atoms with van der Waals surface area (Å²) in [6, 6.07) is 13.1. The molecule has 2 aromatic carbocycles. The van der Waals surface area contributed by atoms with Crippen molar-refractivity contribution in [2.24, 2.45) is 5.92 Å². The number of hydrogen-bond acceptors (Lipinski definition) is 6. The largest absolute Gasteiger partial charge is 0.457 e. The highest BCUT2D eigenvalue weighted by atomic mass is 32.1. The Morgan fingerprint density at radius 3 is 2.53 bits per heavy atom. The van der Waals surface area contributed by atoms with E-state index in [1.165, 1.54) is 6.92 Å². The molecule has 0 bridgehead atoms. The molecule has 0 unspecified atom stereocenters. The Balaban J connectivity index is 1.57. The fourth-order valence-electron chi connectivity index (χ4n) is 3.70. The van der Waals surface area contributed by atoms with Gasteiger partial charge in [-0.05, 0) is 43.2 Å². The molecular formula is C25H27N3O3S. The van der Waals surface area contributed by atoms with Gasteiger partial charge in [-0.15, -0.1) is 10.2 Å². The van der Waals surface area contributed by atoms with E-state index in [-0.39, 0.29) is 11.7 Å². The fraction of sp³-hybridized carbons (Fsp3) is 0.360. The topological polar surface area (TPSA) is 72.4 Å². The van der Waals surface area contributed by atoms with Gasteiger partial charge in [0.15, 0.2) is 5.78 Å². The van der Waals surface area contributed by atoms with Crippen molar-refractivity contribution in [1.29, 1.82) is 0 Å². The quantitative estimate of drug-likeness (QED) is 0.433. The molecule has 2 heterocycles. The van der Waals surface area contributed by atoms with Crippen LogP contribution < -0.4 is 4.74 Å². The van der Waals surface area contributed by atoms with Crippen molar-refractivity contribution in [3.05, 3.63) is 58.6 Å². The van der Waals surface area contributed by atoms with E-state index >= 15 is 0 Å². The van der Waals surface area contributed by atoms with Crippen molar-refractivity contribution in [3.63, 3.8) is 0 Å². The van der Waals surface area contributed by atoms with E-state index in [9.17, 15) is 9.59 Å². The van der Waals surface area contributed by atoms with Crippen LogP contribution in [-0.2, 0) is 11.3 Å². The van der Waals surface area contributed by atoms with Gasteiger partial charge in [-0.1, -0.05) is 44.2 Å². The van der Waals surface area contributed by atoms with Gasteiger partial charge in [0.1, 0.15) is 21.5 Å². The van der Waals surface area contributed by atoms with E-state index in [1.54, 1.807) is 23.5 Å². The number of hydrogen-bond donors (Lipinski definition) is 0. The third-order valence-corrected chi connectivity index (χ3v) is 6.78. The second-order valence-corrected chi connectivity index (χ2v) is 9.70. The molecule has 1 aliphatic heterocycles. The Bertz CT molecular complexity index is 1140. The highest BCUT2D eigenvalue weighted by Gasteiger charge is 2.27. The van der Waals surface area contributed by atoms with Gasteiger partial charge in [-0.2, -0.15) is 0 Å². The molecule has 1 saturated heterocycles. The molecule has 166 valence electrons. The molecule has 6 nitrogen and oxygen atoms in total. The van der Waals surface area contributed by atoms with E-state index in [2.05, 4.69) is 31.0 Å². The van der Waals surface area contributed by atoms with E-state index in [4.69, 9.17) is 4.74 Å². The van der Waals surface area contributed by atoms with Crippen LogP contribution in [0, 0.1) is 5.92 Å². The lowest BCUT2D eigenvalue weighted by Gasteiger charge is -2.19. The first-order chi connectivity index (χ1) is 15.3. The number of carbonyl (C=O) groups excluding carboxylic acids is 2. The predicted octanol–water partition coefficient (Wildman–Crippen LogP) is 5.69. The minimum absolute atomic E-state index is 0.0279. The zero-order valence-corrected chi connectivity index (χ0v) is 19.6. The third-order valence-electron chi connectivity index (χ3n) is 5.51. The molecular weight excluding hydrogens is 422 g/mol. The number of aromatic nitrogens is 2. The van der Waals surface area contributed by atoms with Crippen LogP contribution in [0.4, 0.5) is 0 Å². The van der Waals surface area contributed by atoms with Crippen molar-refractivity contribution >= 4 is 23.0 Å². The minimum Gasteiger partial charge on any atom is -0.457 e. The predicted molar refractivity (Wildman–Crippen MR) is 125 cm³/mol. The molecule has 4 rings (SSSR count). The zero-order valence-electron chi connectivity index (χ0n) is 18.8. The number of amides is 1. The Morgan fingerprint density at radius 1 is 1.19 bits per heavy atom. The molecule has 1 amide bonds. The van der Waals surface area contributed by atoms with Gasteiger partial charge in [0, 0.05) is 42.1 Å². The molecule has 0 N–H and O–H groups in total. The summed E-state index contributed by atoms with van der Waals surface area (Å²) < 4.78 is 6.18. The Morgan fingerprint density at radius 2 is 1.94 bits per heavy atom. The average Bonchev–Trinajstić information content (AvgIpc) is 3.36. The lowest BCUT2D eigenvalue weighted by molar-refractivity contribution is -0.128. The van der Waals surface area contributed by atoms with Gasteiger partial charge in [0.05, 0.1) is 0 Å². The van der Waals surface area contributed by atoms with Crippen LogP contribution in [0.1, 0.15) is 61.0 Å². The summed E-state index contributed by atoms with van der Waals surface area (Å²) in [5, 5.41) is 10.4. The SMILES string of the molecule is CC(=O)c1ccc(CN2C[C@@H](C)CC2=O)c(Oc2ccc(-c3nnc(C(C)C)s3)cc2)c1. The molecule has 1 aromatic heterocycles. The summed E-state index contributed by atoms with van der Waals surface area (Å²) in [5.74, 6) is 2.08. The summed E-state index contributed by atoms with van der Waals surface area (Å²) in [5.41, 5.74) is 2.44. The summed E-state index contributed by atoms with van der Waals surface area (Å²) in [7, 11) is 0. The van der Waals surface area contributed by atoms with Gasteiger partial charge in [-0.25, -0.2) is 0 Å². The Hall–Kier alpha value is -3.06. The number of ketones is 1. The number of nitrogens with zero attached hydrogens (tertiary/aromatic N) is 3. The van der Waals surface area contributed by atoms with Crippen LogP contribution >= 0.6 is 11.3 Å². The monoisotopic (exact) mass is 449 g/mol. The number of rotatable bonds is 7. The van der Waals surface area contributed by atoms with Crippen LogP contribution in [0.3, 0.4) is 0 Å². The van der Waals surface area contributed by atoms with E-state index in [1.807, 2.05) is 35.2 Å². The van der Waals surface area contributed by atoms with Gasteiger partial charge in [0.25, 0.3) is 0 Å². The van der Waals surface area contributed by atoms with Crippen LogP contribution in [0.15, 0.2) is 42.5 Å². The van der Waals surface area contributed by atoms with Gasteiger partial charge in [-0.3, -0.25) is 9.59 Å². The second kappa shape index (κ2) is 9.20. The molecule has 1 aliphatic rings. The Labute approximate surface area is 192 Å². The second-order valence-electron chi connectivity index (χ2n) is 8.69. The summed E-state index contributed by atoms with van der Waals surface area (Å²) in [6.07, 6.45) is 0.577. The number of carbonyl (C=O) groups is 2. The number of Topliss-reactive ketones (excluding diaryl/α,β-unsaturated/α-hetero) is 1. The molecule has 1 atom stereocenters. The van der Waals surface area contributed by atoms with Crippen LogP contribution in [0.2, 0.25) is 0 Å². The van der Waals surface area contributed by atoms with Crippen molar-refractivity contribution in [3.8, 4) is 22.1 Å². The maximum Gasteiger partial charge on any atom is 0.223 e. The lowest BCUT2D eigenvalue weighted by atomic mass is 10.1. The molecule has 32 heavy (non-hydrogen) atoms. The summed E-state index contributed by atoms with van der Waals surface area (Å²) >= 11 is 1.59. The summed E-state index contributed by atoms with van der Waals surface area (Å²) in [6.45, 7) is 9.03. The first kappa shape index (κ1) is 22.1.